The molecule has 0 radical (unpaired) electrons. The molecule has 104 valence electrons. The van der Waals surface area contributed by atoms with Gasteiger partial charge in [0.05, 0.1) is 18.6 Å². The zero-order valence-electron chi connectivity index (χ0n) is 12.0. The lowest BCUT2D eigenvalue weighted by Crippen LogP contribution is -2.27. The number of nitrogens with two attached hydrogens (primary N) is 1. The van der Waals surface area contributed by atoms with E-state index in [1.165, 1.54) is 0 Å². The van der Waals surface area contributed by atoms with Crippen LogP contribution in [0.1, 0.15) is 26.3 Å². The molecule has 0 saturated carbocycles. The number of rotatable bonds is 7. The van der Waals surface area contributed by atoms with Crippen LogP contribution in [0, 0.1) is 17.2 Å². The molecule has 4 nitrogen and oxygen atoms in total. The molecule has 0 amide bonds. The van der Waals surface area contributed by atoms with Gasteiger partial charge in [-0.1, -0.05) is 6.92 Å². The molecule has 1 unspecified atom stereocenters. The molecule has 0 bridgehead atoms. The molecule has 1 atom stereocenters. The zero-order valence-corrected chi connectivity index (χ0v) is 12.0. The van der Waals surface area contributed by atoms with Gasteiger partial charge in [-0.15, -0.1) is 0 Å². The van der Waals surface area contributed by atoms with Crippen molar-refractivity contribution in [2.75, 3.05) is 25.4 Å². The van der Waals surface area contributed by atoms with Crippen molar-refractivity contribution in [2.45, 2.75) is 27.3 Å². The molecule has 0 heterocycles. The molecule has 0 aliphatic carbocycles. The molecule has 19 heavy (non-hydrogen) atoms. The zero-order chi connectivity index (χ0) is 14.3. The van der Waals surface area contributed by atoms with E-state index in [9.17, 15) is 0 Å². The lowest BCUT2D eigenvalue weighted by molar-refractivity contribution is 0.253. The van der Waals surface area contributed by atoms with Crippen LogP contribution < -0.4 is 10.5 Å². The SMILES string of the molecule is CCOc1ccc(N)cc1CN(CC)CC(C)C#N. The largest absolute Gasteiger partial charge is 0.494 e. The molecule has 4 heteroatoms. The van der Waals surface area contributed by atoms with Crippen molar-refractivity contribution in [1.82, 2.24) is 4.90 Å². The number of hydrogen-bond donors (Lipinski definition) is 1. The van der Waals surface area contributed by atoms with E-state index in [0.717, 1.165) is 36.6 Å². The summed E-state index contributed by atoms with van der Waals surface area (Å²) in [5.41, 5.74) is 7.66. The second kappa shape index (κ2) is 7.65. The van der Waals surface area contributed by atoms with Crippen molar-refractivity contribution in [2.24, 2.45) is 5.92 Å². The first kappa shape index (κ1) is 15.3. The van der Waals surface area contributed by atoms with Crippen LogP contribution >= 0.6 is 0 Å². The summed E-state index contributed by atoms with van der Waals surface area (Å²) in [6, 6.07) is 7.98. The predicted molar refractivity (Wildman–Crippen MR) is 77.8 cm³/mol. The average molecular weight is 261 g/mol. The Bertz CT molecular complexity index is 440. The van der Waals surface area contributed by atoms with Crippen molar-refractivity contribution >= 4 is 5.69 Å². The first-order chi connectivity index (χ1) is 9.10. The quantitative estimate of drug-likeness (QED) is 0.766. The molecule has 2 N–H and O–H groups in total. The van der Waals surface area contributed by atoms with Gasteiger partial charge in [-0.2, -0.15) is 5.26 Å². The van der Waals surface area contributed by atoms with Crippen LogP contribution in [-0.2, 0) is 6.54 Å². The van der Waals surface area contributed by atoms with Crippen molar-refractivity contribution < 1.29 is 4.74 Å². The Morgan fingerprint density at radius 2 is 2.16 bits per heavy atom. The highest BCUT2D eigenvalue weighted by molar-refractivity contribution is 5.47. The van der Waals surface area contributed by atoms with Crippen LogP contribution in [0.15, 0.2) is 18.2 Å². The Morgan fingerprint density at radius 1 is 1.42 bits per heavy atom. The van der Waals surface area contributed by atoms with E-state index in [-0.39, 0.29) is 5.92 Å². The third kappa shape index (κ3) is 4.80. The highest BCUT2D eigenvalue weighted by atomic mass is 16.5. The van der Waals surface area contributed by atoms with Crippen LogP contribution in [0.4, 0.5) is 5.69 Å². The lowest BCUT2D eigenvalue weighted by atomic mass is 10.1. The molecule has 0 spiro atoms. The van der Waals surface area contributed by atoms with Gasteiger partial charge in [-0.3, -0.25) is 4.90 Å². The van der Waals surface area contributed by atoms with Gasteiger partial charge in [-0.05, 0) is 38.6 Å². The van der Waals surface area contributed by atoms with Gasteiger partial charge in [0, 0.05) is 24.3 Å². The minimum absolute atomic E-state index is 0.0246. The standard InChI is InChI=1S/C15H23N3O/c1-4-18(10-12(3)9-16)11-13-8-14(17)6-7-15(13)19-5-2/h6-8,12H,4-5,10-11,17H2,1-3H3. The second-order valence-corrected chi connectivity index (χ2v) is 4.66. The maximum absolute atomic E-state index is 8.91. The molecule has 0 aromatic heterocycles. The summed E-state index contributed by atoms with van der Waals surface area (Å²) in [7, 11) is 0. The Balaban J connectivity index is 2.83. The van der Waals surface area contributed by atoms with Gasteiger partial charge in [0.25, 0.3) is 0 Å². The van der Waals surface area contributed by atoms with Crippen LogP contribution in [0.25, 0.3) is 0 Å². The van der Waals surface area contributed by atoms with Crippen LogP contribution in [0.2, 0.25) is 0 Å². The first-order valence-corrected chi connectivity index (χ1v) is 6.73. The fourth-order valence-corrected chi connectivity index (χ4v) is 1.99. The summed E-state index contributed by atoms with van der Waals surface area (Å²) in [6.07, 6.45) is 0. The monoisotopic (exact) mass is 261 g/mol. The van der Waals surface area contributed by atoms with E-state index in [0.29, 0.717) is 6.61 Å². The van der Waals surface area contributed by atoms with E-state index in [4.69, 9.17) is 15.7 Å². The number of nitriles is 1. The molecule has 1 rings (SSSR count). The summed E-state index contributed by atoms with van der Waals surface area (Å²) in [5, 5.41) is 8.91. The predicted octanol–water partition coefficient (Wildman–Crippen LogP) is 2.65. The smallest absolute Gasteiger partial charge is 0.123 e. The van der Waals surface area contributed by atoms with Crippen molar-refractivity contribution in [3.63, 3.8) is 0 Å². The summed E-state index contributed by atoms with van der Waals surface area (Å²) in [5.74, 6) is 0.899. The average Bonchev–Trinajstić information content (AvgIpc) is 2.40. The summed E-state index contributed by atoms with van der Waals surface area (Å²) >= 11 is 0. The number of hydrogen-bond acceptors (Lipinski definition) is 4. The van der Waals surface area contributed by atoms with E-state index in [1.807, 2.05) is 32.0 Å². The third-order valence-electron chi connectivity index (χ3n) is 2.98. The fraction of sp³-hybridized carbons (Fsp3) is 0.533. The number of nitrogens with zero attached hydrogens (tertiary/aromatic N) is 2. The van der Waals surface area contributed by atoms with Gasteiger partial charge >= 0.3 is 0 Å². The molecule has 0 saturated heterocycles. The van der Waals surface area contributed by atoms with E-state index in [2.05, 4.69) is 17.9 Å². The van der Waals surface area contributed by atoms with Crippen molar-refractivity contribution in [3.8, 4) is 11.8 Å². The fourth-order valence-electron chi connectivity index (χ4n) is 1.99. The van der Waals surface area contributed by atoms with Gasteiger partial charge < -0.3 is 10.5 Å². The Morgan fingerprint density at radius 3 is 2.74 bits per heavy atom. The van der Waals surface area contributed by atoms with Gasteiger partial charge in [0.1, 0.15) is 5.75 Å². The highest BCUT2D eigenvalue weighted by Gasteiger charge is 2.12. The first-order valence-electron chi connectivity index (χ1n) is 6.73. The lowest BCUT2D eigenvalue weighted by Gasteiger charge is -2.23. The maximum atomic E-state index is 8.91. The van der Waals surface area contributed by atoms with Crippen molar-refractivity contribution in [1.29, 1.82) is 5.26 Å². The summed E-state index contributed by atoms with van der Waals surface area (Å²) in [4.78, 5) is 2.23. The second-order valence-electron chi connectivity index (χ2n) is 4.66. The summed E-state index contributed by atoms with van der Waals surface area (Å²) < 4.78 is 5.62. The van der Waals surface area contributed by atoms with Crippen molar-refractivity contribution in [3.05, 3.63) is 23.8 Å². The maximum Gasteiger partial charge on any atom is 0.123 e. The normalized spacial score (nSPS) is 12.2. The number of benzene rings is 1. The van der Waals surface area contributed by atoms with E-state index in [1.54, 1.807) is 0 Å². The highest BCUT2D eigenvalue weighted by Crippen LogP contribution is 2.23. The van der Waals surface area contributed by atoms with Crippen LogP contribution in [-0.4, -0.2) is 24.6 Å². The molecular formula is C15H23N3O. The van der Waals surface area contributed by atoms with Crippen LogP contribution in [0.3, 0.4) is 0 Å². The van der Waals surface area contributed by atoms with E-state index >= 15 is 0 Å². The number of nitrogen functional groups attached to an aromatic ring is 1. The number of ether oxygens (including phenoxy) is 1. The van der Waals surface area contributed by atoms with Crippen LogP contribution in [0.5, 0.6) is 5.75 Å². The van der Waals surface area contributed by atoms with Gasteiger partial charge in [0.15, 0.2) is 0 Å². The topological polar surface area (TPSA) is 62.3 Å². The Kier molecular flexibility index (Phi) is 6.17. The summed E-state index contributed by atoms with van der Waals surface area (Å²) in [6.45, 7) is 9.04. The molecule has 0 fully saturated rings. The molecule has 1 aromatic carbocycles. The molecular weight excluding hydrogens is 238 g/mol. The molecule has 0 aliphatic rings. The minimum Gasteiger partial charge on any atom is -0.494 e. The third-order valence-corrected chi connectivity index (χ3v) is 2.98. The molecule has 1 aromatic rings. The number of anilines is 1. The Hall–Kier alpha value is -1.73. The van der Waals surface area contributed by atoms with Gasteiger partial charge in [0.2, 0.25) is 0 Å². The molecule has 0 aliphatic heterocycles. The van der Waals surface area contributed by atoms with E-state index < -0.39 is 0 Å². The van der Waals surface area contributed by atoms with Gasteiger partial charge in [-0.25, -0.2) is 0 Å². The minimum atomic E-state index is 0.0246. The Labute approximate surface area is 115 Å².